The maximum Gasteiger partial charge on any atom is 0.573 e. The van der Waals surface area contributed by atoms with Gasteiger partial charge in [0, 0.05) is 6.42 Å². The van der Waals surface area contributed by atoms with Gasteiger partial charge in [0.15, 0.2) is 0 Å². The molecule has 2 aliphatic carbocycles. The predicted octanol–water partition coefficient (Wildman–Crippen LogP) is 7.09. The van der Waals surface area contributed by atoms with Crippen LogP contribution in [0.25, 0.3) is 0 Å². The minimum absolute atomic E-state index is 0.159. The number of hydrogen-bond donors (Lipinski definition) is 1. The van der Waals surface area contributed by atoms with Gasteiger partial charge in [-0.05, 0) is 99.2 Å². The minimum atomic E-state index is -4.65. The number of carboxylic acids is 1. The second kappa shape index (κ2) is 10.4. The minimum Gasteiger partial charge on any atom is -0.481 e. The molecule has 0 saturated heterocycles. The van der Waals surface area contributed by atoms with Gasteiger partial charge in [-0.15, -0.1) is 13.2 Å². The zero-order valence-electron chi connectivity index (χ0n) is 17.2. The number of halogens is 3. The van der Waals surface area contributed by atoms with E-state index < -0.39 is 12.3 Å². The molecule has 2 aliphatic rings. The average molecular weight is 425 g/mol. The van der Waals surface area contributed by atoms with Crippen molar-refractivity contribution < 1.29 is 27.8 Å². The summed E-state index contributed by atoms with van der Waals surface area (Å²) in [5, 5.41) is 8.69. The van der Waals surface area contributed by atoms with Gasteiger partial charge in [0.25, 0.3) is 0 Å². The topological polar surface area (TPSA) is 46.5 Å². The van der Waals surface area contributed by atoms with Gasteiger partial charge < -0.3 is 9.84 Å². The van der Waals surface area contributed by atoms with Crippen LogP contribution in [-0.2, 0) is 4.79 Å². The number of hydrogen-bond acceptors (Lipinski definition) is 2. The van der Waals surface area contributed by atoms with E-state index in [4.69, 9.17) is 5.11 Å². The molecule has 2 saturated carbocycles. The summed E-state index contributed by atoms with van der Waals surface area (Å²) >= 11 is 0. The number of ether oxygens (including phenoxy) is 1. The van der Waals surface area contributed by atoms with Crippen molar-refractivity contribution in [1.82, 2.24) is 0 Å². The number of rotatable bonds is 7. The maximum absolute atomic E-state index is 12.3. The summed E-state index contributed by atoms with van der Waals surface area (Å²) < 4.78 is 40.9. The summed E-state index contributed by atoms with van der Waals surface area (Å²) in [4.78, 5) is 10.6. The number of aliphatic carboxylic acids is 1. The third kappa shape index (κ3) is 7.06. The summed E-state index contributed by atoms with van der Waals surface area (Å²) in [5.41, 5.74) is 1.11. The van der Waals surface area contributed by atoms with Crippen LogP contribution >= 0.6 is 0 Å². The van der Waals surface area contributed by atoms with Gasteiger partial charge in [0.2, 0.25) is 0 Å². The number of alkyl halides is 3. The van der Waals surface area contributed by atoms with Gasteiger partial charge >= 0.3 is 12.3 Å². The number of carboxylic acid groups (broad SMARTS) is 1. The van der Waals surface area contributed by atoms with Crippen LogP contribution in [0.1, 0.15) is 75.7 Å². The van der Waals surface area contributed by atoms with Crippen molar-refractivity contribution in [3.63, 3.8) is 0 Å². The molecule has 30 heavy (non-hydrogen) atoms. The quantitative estimate of drug-likeness (QED) is 0.476. The average Bonchev–Trinajstić information content (AvgIpc) is 2.71. The predicted molar refractivity (Wildman–Crippen MR) is 109 cm³/mol. The Morgan fingerprint density at radius 3 is 2.07 bits per heavy atom. The van der Waals surface area contributed by atoms with E-state index in [0.29, 0.717) is 18.3 Å². The summed E-state index contributed by atoms with van der Waals surface area (Å²) in [6.07, 6.45) is 9.84. The Morgan fingerprint density at radius 1 is 0.967 bits per heavy atom. The van der Waals surface area contributed by atoms with E-state index in [0.717, 1.165) is 30.2 Å². The smallest absolute Gasteiger partial charge is 0.481 e. The Balaban J connectivity index is 1.40. The summed E-state index contributed by atoms with van der Waals surface area (Å²) in [5.74, 6) is 1.64. The van der Waals surface area contributed by atoms with Crippen molar-refractivity contribution in [3.05, 3.63) is 42.0 Å². The van der Waals surface area contributed by atoms with E-state index in [1.165, 1.54) is 50.7 Å². The number of allylic oxidation sites excluding steroid dienone is 2. The van der Waals surface area contributed by atoms with E-state index in [-0.39, 0.29) is 12.2 Å². The second-order valence-corrected chi connectivity index (χ2v) is 8.76. The van der Waals surface area contributed by atoms with Crippen LogP contribution in [0.5, 0.6) is 5.75 Å². The molecule has 1 aromatic rings. The van der Waals surface area contributed by atoms with Crippen LogP contribution in [0.2, 0.25) is 0 Å². The molecular weight excluding hydrogens is 393 g/mol. The van der Waals surface area contributed by atoms with Crippen molar-refractivity contribution in [1.29, 1.82) is 0 Å². The summed E-state index contributed by atoms with van der Waals surface area (Å²) in [7, 11) is 0. The molecule has 1 aromatic carbocycles. The molecule has 0 aromatic heterocycles. The molecule has 0 atom stereocenters. The van der Waals surface area contributed by atoms with E-state index >= 15 is 0 Å². The first-order valence-corrected chi connectivity index (χ1v) is 11.0. The fourth-order valence-electron chi connectivity index (χ4n) is 5.17. The molecule has 3 nitrogen and oxygen atoms in total. The molecule has 0 bridgehead atoms. The monoisotopic (exact) mass is 424 g/mol. The molecular formula is C24H31F3O3. The summed E-state index contributed by atoms with van der Waals surface area (Å²) in [6, 6.07) is 6.38. The number of benzene rings is 1. The van der Waals surface area contributed by atoms with Crippen molar-refractivity contribution in [2.75, 3.05) is 0 Å². The molecule has 6 heteroatoms. The van der Waals surface area contributed by atoms with Crippen LogP contribution in [0.3, 0.4) is 0 Å². The SMILES string of the molecule is O=C(O)CCC=CC1CCC(C2CCC(c3ccc(OC(F)(F)F)cc3)CC2)CC1. The normalized spacial score (nSPS) is 27.8. The fourth-order valence-corrected chi connectivity index (χ4v) is 5.17. The second-order valence-electron chi connectivity index (χ2n) is 8.76. The van der Waals surface area contributed by atoms with Crippen LogP contribution in [0.15, 0.2) is 36.4 Å². The summed E-state index contributed by atoms with van der Waals surface area (Å²) in [6.45, 7) is 0. The first kappa shape index (κ1) is 22.7. The Labute approximate surface area is 176 Å². The van der Waals surface area contributed by atoms with Gasteiger partial charge in [-0.2, -0.15) is 0 Å². The van der Waals surface area contributed by atoms with Crippen LogP contribution in [0, 0.1) is 17.8 Å². The van der Waals surface area contributed by atoms with Crippen molar-refractivity contribution in [3.8, 4) is 5.75 Å². The standard InChI is InChI=1S/C24H31F3O3/c25-24(26,27)30-22-15-13-21(14-16-22)20-11-9-19(10-12-20)18-7-5-17(6-8-18)3-1-2-4-23(28)29/h1,3,13-20H,2,4-12H2,(H,28,29). The van der Waals surface area contributed by atoms with Gasteiger partial charge in [-0.25, -0.2) is 0 Å². The Kier molecular flexibility index (Phi) is 7.84. The first-order valence-electron chi connectivity index (χ1n) is 11.0. The lowest BCUT2D eigenvalue weighted by Gasteiger charge is -2.37. The fraction of sp³-hybridized carbons (Fsp3) is 0.625. The van der Waals surface area contributed by atoms with E-state index in [1.54, 1.807) is 12.1 Å². The highest BCUT2D eigenvalue weighted by molar-refractivity contribution is 5.66. The molecule has 166 valence electrons. The molecule has 0 radical (unpaired) electrons. The van der Waals surface area contributed by atoms with Crippen molar-refractivity contribution in [2.45, 2.75) is 76.5 Å². The third-order valence-electron chi connectivity index (χ3n) is 6.77. The molecule has 0 heterocycles. The number of carbonyl (C=O) groups is 1. The molecule has 3 rings (SSSR count). The molecule has 1 N–H and O–H groups in total. The van der Waals surface area contributed by atoms with E-state index in [2.05, 4.69) is 10.8 Å². The van der Waals surface area contributed by atoms with E-state index in [9.17, 15) is 18.0 Å². The largest absolute Gasteiger partial charge is 0.573 e. The third-order valence-corrected chi connectivity index (χ3v) is 6.77. The lowest BCUT2D eigenvalue weighted by Crippen LogP contribution is -2.25. The van der Waals surface area contributed by atoms with Gasteiger partial charge in [0.1, 0.15) is 5.75 Å². The molecule has 0 spiro atoms. The highest BCUT2D eigenvalue weighted by Gasteiger charge is 2.32. The first-order chi connectivity index (χ1) is 14.3. The van der Waals surface area contributed by atoms with Crippen molar-refractivity contribution in [2.24, 2.45) is 17.8 Å². The zero-order chi connectivity index (χ0) is 21.6. The highest BCUT2D eigenvalue weighted by Crippen LogP contribution is 2.44. The van der Waals surface area contributed by atoms with Gasteiger partial charge in [-0.1, -0.05) is 24.3 Å². The molecule has 0 unspecified atom stereocenters. The molecule has 2 fully saturated rings. The Morgan fingerprint density at radius 2 is 1.53 bits per heavy atom. The van der Waals surface area contributed by atoms with Crippen LogP contribution < -0.4 is 4.74 Å². The Hall–Kier alpha value is -1.98. The van der Waals surface area contributed by atoms with Crippen molar-refractivity contribution >= 4 is 5.97 Å². The molecule has 0 amide bonds. The van der Waals surface area contributed by atoms with Gasteiger partial charge in [-0.3, -0.25) is 4.79 Å². The lowest BCUT2D eigenvalue weighted by atomic mass is 9.68. The van der Waals surface area contributed by atoms with Crippen LogP contribution in [0.4, 0.5) is 13.2 Å². The Bertz CT molecular complexity index is 695. The lowest BCUT2D eigenvalue weighted by molar-refractivity contribution is -0.274. The van der Waals surface area contributed by atoms with Crippen LogP contribution in [-0.4, -0.2) is 17.4 Å². The highest BCUT2D eigenvalue weighted by atomic mass is 19.4. The van der Waals surface area contributed by atoms with E-state index in [1.807, 2.05) is 6.08 Å². The van der Waals surface area contributed by atoms with Gasteiger partial charge in [0.05, 0.1) is 0 Å². The molecule has 0 aliphatic heterocycles. The zero-order valence-corrected chi connectivity index (χ0v) is 17.2. The maximum atomic E-state index is 12.3.